The van der Waals surface area contributed by atoms with Crippen molar-refractivity contribution < 1.29 is 19.1 Å². The molecule has 0 spiro atoms. The molecule has 0 aliphatic carbocycles. The summed E-state index contributed by atoms with van der Waals surface area (Å²) in [5.41, 5.74) is 2.01. The Hall–Kier alpha value is -2.37. The molecule has 6 nitrogen and oxygen atoms in total. The van der Waals surface area contributed by atoms with Gasteiger partial charge in [-0.2, -0.15) is 0 Å². The smallest absolute Gasteiger partial charge is 0.325 e. The van der Waals surface area contributed by atoms with E-state index in [9.17, 15) is 14.4 Å². The summed E-state index contributed by atoms with van der Waals surface area (Å²) in [6.45, 7) is 6.01. The lowest BCUT2D eigenvalue weighted by Crippen LogP contribution is -2.44. The van der Waals surface area contributed by atoms with Crippen LogP contribution in [0.1, 0.15) is 32.8 Å². The highest BCUT2D eigenvalue weighted by molar-refractivity contribution is 6.00. The fraction of sp³-hybridized carbons (Fsp3) is 0.526. The Labute approximate surface area is 148 Å². The number of benzene rings is 1. The number of hydrogen-bond donors (Lipinski definition) is 0. The Morgan fingerprint density at radius 3 is 2.44 bits per heavy atom. The van der Waals surface area contributed by atoms with Crippen molar-refractivity contribution in [1.29, 1.82) is 0 Å². The normalized spacial score (nSPS) is 17.1. The highest BCUT2D eigenvalue weighted by Crippen LogP contribution is 2.27. The molecule has 25 heavy (non-hydrogen) atoms. The predicted molar refractivity (Wildman–Crippen MR) is 95.1 cm³/mol. The van der Waals surface area contributed by atoms with E-state index in [0.717, 1.165) is 12.1 Å². The molecule has 6 heteroatoms. The van der Waals surface area contributed by atoms with E-state index >= 15 is 0 Å². The number of anilines is 1. The van der Waals surface area contributed by atoms with Crippen LogP contribution in [-0.4, -0.2) is 48.9 Å². The average molecular weight is 346 g/mol. The second-order valence-corrected chi connectivity index (χ2v) is 6.56. The largest absolute Gasteiger partial charge is 0.468 e. The number of amides is 2. The molecule has 1 heterocycles. The number of nitrogens with zero attached hydrogens (tertiary/aromatic N) is 2. The molecule has 1 atom stereocenters. The molecule has 2 rings (SSSR count). The number of methoxy groups -OCH3 is 1. The summed E-state index contributed by atoms with van der Waals surface area (Å²) in [5.74, 6) is -1.14. The molecule has 0 saturated carbocycles. The minimum atomic E-state index is -0.460. The molecule has 1 aliphatic heterocycles. The Bertz CT molecular complexity index is 639. The van der Waals surface area contributed by atoms with Gasteiger partial charge in [0.05, 0.1) is 13.0 Å². The van der Waals surface area contributed by atoms with Gasteiger partial charge >= 0.3 is 5.97 Å². The van der Waals surface area contributed by atoms with Gasteiger partial charge in [-0.05, 0) is 38.0 Å². The summed E-state index contributed by atoms with van der Waals surface area (Å²) in [5, 5.41) is 0. The predicted octanol–water partition coefficient (Wildman–Crippen LogP) is 2.01. The van der Waals surface area contributed by atoms with Crippen LogP contribution in [0.3, 0.4) is 0 Å². The first kappa shape index (κ1) is 19.0. The maximum absolute atomic E-state index is 12.8. The van der Waals surface area contributed by atoms with Gasteiger partial charge in [0.2, 0.25) is 11.8 Å². The lowest BCUT2D eigenvalue weighted by molar-refractivity contribution is -0.149. The highest BCUT2D eigenvalue weighted by atomic mass is 16.5. The Morgan fingerprint density at radius 2 is 1.92 bits per heavy atom. The maximum atomic E-state index is 12.8. The third kappa shape index (κ3) is 4.38. The number of ether oxygens (including phenoxy) is 1. The van der Waals surface area contributed by atoms with E-state index in [0.29, 0.717) is 6.54 Å². The van der Waals surface area contributed by atoms with E-state index in [-0.39, 0.29) is 30.8 Å². The van der Waals surface area contributed by atoms with Crippen LogP contribution in [0.15, 0.2) is 24.3 Å². The van der Waals surface area contributed by atoms with Gasteiger partial charge in [-0.1, -0.05) is 19.1 Å². The topological polar surface area (TPSA) is 66.9 Å². The number of hydrogen-bond acceptors (Lipinski definition) is 4. The first-order valence-electron chi connectivity index (χ1n) is 8.64. The molecular weight excluding hydrogens is 320 g/mol. The summed E-state index contributed by atoms with van der Waals surface area (Å²) < 4.78 is 4.67. The van der Waals surface area contributed by atoms with Gasteiger partial charge in [-0.15, -0.1) is 0 Å². The van der Waals surface area contributed by atoms with E-state index in [1.165, 1.54) is 17.6 Å². The lowest BCUT2D eigenvalue weighted by atomic mass is 10.1. The molecule has 1 aromatic rings. The van der Waals surface area contributed by atoms with Crippen molar-refractivity contribution in [1.82, 2.24) is 4.90 Å². The van der Waals surface area contributed by atoms with Crippen LogP contribution in [0.4, 0.5) is 5.69 Å². The summed E-state index contributed by atoms with van der Waals surface area (Å²) in [6.07, 6.45) is 1.10. The molecule has 1 aliphatic rings. The molecule has 2 amide bonds. The second-order valence-electron chi connectivity index (χ2n) is 6.56. The quantitative estimate of drug-likeness (QED) is 0.739. The minimum absolute atomic E-state index is 0.0654. The average Bonchev–Trinajstić information content (AvgIpc) is 3.00. The van der Waals surface area contributed by atoms with Gasteiger partial charge in [0.1, 0.15) is 6.54 Å². The van der Waals surface area contributed by atoms with Crippen LogP contribution in [0.5, 0.6) is 0 Å². The van der Waals surface area contributed by atoms with Gasteiger partial charge in [0, 0.05) is 24.7 Å². The highest BCUT2D eigenvalue weighted by Gasteiger charge is 2.38. The van der Waals surface area contributed by atoms with Crippen LogP contribution in [-0.2, 0) is 25.5 Å². The fourth-order valence-electron chi connectivity index (χ4n) is 2.99. The fourth-order valence-corrected chi connectivity index (χ4v) is 2.99. The van der Waals surface area contributed by atoms with E-state index in [4.69, 9.17) is 0 Å². The molecule has 1 fully saturated rings. The molecule has 0 radical (unpaired) electrons. The second kappa shape index (κ2) is 8.14. The van der Waals surface area contributed by atoms with Crippen LogP contribution in [0, 0.1) is 5.92 Å². The number of rotatable bonds is 6. The maximum Gasteiger partial charge on any atom is 0.325 e. The summed E-state index contributed by atoms with van der Waals surface area (Å²) in [6, 6.07) is 7.68. The number of esters is 1. The van der Waals surface area contributed by atoms with Crippen LogP contribution in [0.25, 0.3) is 0 Å². The van der Waals surface area contributed by atoms with Crippen molar-refractivity contribution in [3.05, 3.63) is 29.8 Å². The van der Waals surface area contributed by atoms with E-state index in [1.807, 2.05) is 38.1 Å². The van der Waals surface area contributed by atoms with Crippen molar-refractivity contribution in [3.63, 3.8) is 0 Å². The minimum Gasteiger partial charge on any atom is -0.468 e. The van der Waals surface area contributed by atoms with Crippen molar-refractivity contribution in [3.8, 4) is 0 Å². The molecule has 0 aromatic heterocycles. The van der Waals surface area contributed by atoms with Crippen LogP contribution in [0.2, 0.25) is 0 Å². The third-order valence-electron chi connectivity index (χ3n) is 4.56. The van der Waals surface area contributed by atoms with E-state index in [2.05, 4.69) is 11.7 Å². The monoisotopic (exact) mass is 346 g/mol. The summed E-state index contributed by atoms with van der Waals surface area (Å²) >= 11 is 0. The lowest BCUT2D eigenvalue weighted by Gasteiger charge is -2.28. The first-order valence-corrected chi connectivity index (χ1v) is 8.64. The van der Waals surface area contributed by atoms with Gasteiger partial charge < -0.3 is 14.5 Å². The van der Waals surface area contributed by atoms with Crippen LogP contribution < -0.4 is 4.90 Å². The zero-order valence-corrected chi connectivity index (χ0v) is 15.3. The Balaban J connectivity index is 2.11. The van der Waals surface area contributed by atoms with Crippen molar-refractivity contribution in [2.45, 2.75) is 39.7 Å². The Kier molecular flexibility index (Phi) is 6.17. The van der Waals surface area contributed by atoms with Crippen molar-refractivity contribution in [2.24, 2.45) is 5.92 Å². The SMILES string of the molecule is CCc1ccc(N2CC(C(=O)N(CC(=O)OC)C(C)C)CC2=O)cc1. The summed E-state index contributed by atoms with van der Waals surface area (Å²) in [7, 11) is 1.30. The molecule has 1 saturated heterocycles. The first-order chi connectivity index (χ1) is 11.9. The van der Waals surface area contributed by atoms with Gasteiger partial charge in [0.25, 0.3) is 0 Å². The molecular formula is C19H26N2O4. The van der Waals surface area contributed by atoms with Gasteiger partial charge in [0.15, 0.2) is 0 Å². The van der Waals surface area contributed by atoms with Crippen molar-refractivity contribution >= 4 is 23.5 Å². The zero-order chi connectivity index (χ0) is 18.6. The number of carbonyl (C=O) groups is 3. The molecule has 0 bridgehead atoms. The number of aryl methyl sites for hydroxylation is 1. The Morgan fingerprint density at radius 1 is 1.28 bits per heavy atom. The standard InChI is InChI=1S/C19H26N2O4/c1-5-14-6-8-16(9-7-14)21-11-15(10-17(21)22)19(24)20(13(2)3)12-18(23)25-4/h6-9,13,15H,5,10-12H2,1-4H3. The number of carbonyl (C=O) groups excluding carboxylic acids is 3. The van der Waals surface area contributed by atoms with Gasteiger partial charge in [-0.3, -0.25) is 14.4 Å². The molecule has 136 valence electrons. The van der Waals surface area contributed by atoms with Crippen LogP contribution >= 0.6 is 0 Å². The van der Waals surface area contributed by atoms with Gasteiger partial charge in [-0.25, -0.2) is 0 Å². The van der Waals surface area contributed by atoms with E-state index in [1.54, 1.807) is 4.90 Å². The molecule has 1 aromatic carbocycles. The zero-order valence-electron chi connectivity index (χ0n) is 15.3. The summed E-state index contributed by atoms with van der Waals surface area (Å²) in [4.78, 5) is 39.9. The molecule has 1 unspecified atom stereocenters. The van der Waals surface area contributed by atoms with Crippen molar-refractivity contribution in [2.75, 3.05) is 25.1 Å². The molecule has 0 N–H and O–H groups in total. The van der Waals surface area contributed by atoms with E-state index < -0.39 is 11.9 Å². The third-order valence-corrected chi connectivity index (χ3v) is 4.56.